The Labute approximate surface area is 157 Å². The molecule has 0 saturated carbocycles. The van der Waals surface area contributed by atoms with Gasteiger partial charge < -0.3 is 14.0 Å². The molecule has 0 N–H and O–H groups in total. The topological polar surface area (TPSA) is 78.7 Å². The fraction of sp³-hybridized carbons (Fsp3) is 0.588. The van der Waals surface area contributed by atoms with Crippen LogP contribution in [0.2, 0.25) is 0 Å². The third-order valence-electron chi connectivity index (χ3n) is 3.94. The molecule has 1 aliphatic heterocycles. The van der Waals surface area contributed by atoms with Gasteiger partial charge in [0.25, 0.3) is 0 Å². The number of rotatable bonds is 5. The van der Waals surface area contributed by atoms with Gasteiger partial charge in [0.2, 0.25) is 0 Å². The summed E-state index contributed by atoms with van der Waals surface area (Å²) in [6.45, 7) is 4.71. The Hall–Kier alpha value is -1.65. The van der Waals surface area contributed by atoms with Gasteiger partial charge in [0.05, 0.1) is 20.1 Å². The van der Waals surface area contributed by atoms with Gasteiger partial charge in [0.15, 0.2) is 16.2 Å². The molecule has 0 aliphatic carbocycles. The Morgan fingerprint density at radius 1 is 1.30 bits per heavy atom. The van der Waals surface area contributed by atoms with E-state index < -0.39 is 15.6 Å². The maximum absolute atomic E-state index is 10.7. The molecule has 1 aromatic rings. The monoisotopic (exact) mass is 411 g/mol. The first-order valence-corrected chi connectivity index (χ1v) is 9.81. The molecule has 154 valence electrons. The molecule has 1 atom stereocenters. The van der Waals surface area contributed by atoms with E-state index in [1.165, 1.54) is 18.4 Å². The van der Waals surface area contributed by atoms with Crippen molar-refractivity contribution in [3.8, 4) is 0 Å². The van der Waals surface area contributed by atoms with E-state index in [0.29, 0.717) is 12.6 Å². The SMILES string of the molecule is CCC(OC)=[N+]1CCC[C@H]1COCc1ccccc1.O=S(=O)([O-])C(F)(F)F. The van der Waals surface area contributed by atoms with Crippen LogP contribution in [-0.4, -0.2) is 55.3 Å². The van der Waals surface area contributed by atoms with Gasteiger partial charge in [-0.3, -0.25) is 0 Å². The molecule has 10 heteroatoms. The summed E-state index contributed by atoms with van der Waals surface area (Å²) < 4.78 is 72.6. The van der Waals surface area contributed by atoms with Crippen LogP contribution in [0.25, 0.3) is 0 Å². The molecular formula is C17H24F3NO5S. The molecule has 0 amide bonds. The van der Waals surface area contributed by atoms with Crippen molar-refractivity contribution in [2.75, 3.05) is 20.3 Å². The van der Waals surface area contributed by atoms with E-state index in [4.69, 9.17) is 22.4 Å². The highest BCUT2D eigenvalue weighted by atomic mass is 32.2. The van der Waals surface area contributed by atoms with Crippen molar-refractivity contribution in [2.45, 2.75) is 44.3 Å². The highest BCUT2D eigenvalue weighted by Gasteiger charge is 2.37. The molecule has 0 spiro atoms. The zero-order chi connectivity index (χ0) is 20.5. The Bertz CT molecular complexity index is 699. The number of methoxy groups -OCH3 is 1. The lowest BCUT2D eigenvalue weighted by molar-refractivity contribution is -0.556. The largest absolute Gasteiger partial charge is 0.741 e. The minimum Gasteiger partial charge on any atom is -0.741 e. The van der Waals surface area contributed by atoms with Gasteiger partial charge in [-0.2, -0.15) is 17.7 Å². The third kappa shape index (κ3) is 7.86. The van der Waals surface area contributed by atoms with Crippen LogP contribution in [0.3, 0.4) is 0 Å². The summed E-state index contributed by atoms with van der Waals surface area (Å²) in [5.41, 5.74) is -4.41. The lowest BCUT2D eigenvalue weighted by atomic mass is 10.2. The molecule has 1 aliphatic rings. The van der Waals surface area contributed by atoms with Crippen LogP contribution in [-0.2, 0) is 26.2 Å². The van der Waals surface area contributed by atoms with Gasteiger partial charge >= 0.3 is 11.4 Å². The highest BCUT2D eigenvalue weighted by molar-refractivity contribution is 7.86. The molecule has 1 aromatic carbocycles. The molecule has 1 heterocycles. The molecule has 0 unspecified atom stereocenters. The van der Waals surface area contributed by atoms with Crippen LogP contribution in [0.5, 0.6) is 0 Å². The molecule has 6 nitrogen and oxygen atoms in total. The van der Waals surface area contributed by atoms with Crippen LogP contribution in [0, 0.1) is 0 Å². The summed E-state index contributed by atoms with van der Waals surface area (Å²) in [5.74, 6) is 1.09. The predicted octanol–water partition coefficient (Wildman–Crippen LogP) is 2.88. The van der Waals surface area contributed by atoms with Gasteiger partial charge in [-0.1, -0.05) is 37.3 Å². The van der Waals surface area contributed by atoms with E-state index in [1.807, 2.05) is 6.07 Å². The minimum atomic E-state index is -6.09. The Morgan fingerprint density at radius 3 is 2.37 bits per heavy atom. The van der Waals surface area contributed by atoms with Crippen molar-refractivity contribution < 1.29 is 40.2 Å². The van der Waals surface area contributed by atoms with Crippen molar-refractivity contribution in [2.24, 2.45) is 0 Å². The lowest BCUT2D eigenvalue weighted by Crippen LogP contribution is -2.31. The van der Waals surface area contributed by atoms with Gasteiger partial charge in [0, 0.05) is 12.8 Å². The van der Waals surface area contributed by atoms with Crippen LogP contribution >= 0.6 is 0 Å². The maximum atomic E-state index is 10.7. The van der Waals surface area contributed by atoms with Gasteiger partial charge in [-0.05, 0) is 5.56 Å². The summed E-state index contributed by atoms with van der Waals surface area (Å²) in [5, 5.41) is 0. The second-order valence-corrected chi connectivity index (χ2v) is 7.21. The second-order valence-electron chi connectivity index (χ2n) is 5.84. The van der Waals surface area contributed by atoms with Gasteiger partial charge in [-0.25, -0.2) is 8.42 Å². The number of benzene rings is 1. The van der Waals surface area contributed by atoms with E-state index >= 15 is 0 Å². The molecule has 1 saturated heterocycles. The van der Waals surface area contributed by atoms with Gasteiger partial charge in [-0.15, -0.1) is 0 Å². The average Bonchev–Trinajstić information content (AvgIpc) is 3.04. The van der Waals surface area contributed by atoms with Crippen LogP contribution in [0.4, 0.5) is 13.2 Å². The van der Waals surface area contributed by atoms with Gasteiger partial charge in [0.1, 0.15) is 13.2 Å². The number of hydrogen-bond donors (Lipinski definition) is 0. The smallest absolute Gasteiger partial charge is 0.485 e. The lowest BCUT2D eigenvalue weighted by Gasteiger charge is -2.11. The number of ether oxygens (including phenoxy) is 2. The second kappa shape index (κ2) is 10.6. The first-order valence-electron chi connectivity index (χ1n) is 8.40. The van der Waals surface area contributed by atoms with Crippen molar-refractivity contribution >= 4 is 16.0 Å². The van der Waals surface area contributed by atoms with E-state index in [2.05, 4.69) is 35.8 Å². The number of alkyl halides is 3. The first kappa shape index (κ1) is 23.4. The molecule has 1 fully saturated rings. The predicted molar refractivity (Wildman–Crippen MR) is 92.3 cm³/mol. The number of hydrogen-bond acceptors (Lipinski definition) is 5. The number of halogens is 3. The third-order valence-corrected chi connectivity index (χ3v) is 4.51. The van der Waals surface area contributed by atoms with Crippen LogP contribution < -0.4 is 0 Å². The first-order chi connectivity index (χ1) is 12.6. The fourth-order valence-corrected chi connectivity index (χ4v) is 2.69. The molecule has 0 aromatic heterocycles. The summed E-state index contributed by atoms with van der Waals surface area (Å²) >= 11 is 0. The number of nitrogens with zero attached hydrogens (tertiary/aromatic N) is 1. The zero-order valence-corrected chi connectivity index (χ0v) is 16.1. The Kier molecular flexibility index (Phi) is 9.20. The minimum absolute atomic E-state index is 0.471. The average molecular weight is 411 g/mol. The molecule has 0 bridgehead atoms. The van der Waals surface area contributed by atoms with Crippen molar-refractivity contribution in [1.29, 1.82) is 0 Å². The fourth-order valence-electron chi connectivity index (χ4n) is 2.69. The summed E-state index contributed by atoms with van der Waals surface area (Å²) in [6, 6.07) is 10.8. The van der Waals surface area contributed by atoms with Crippen molar-refractivity contribution in [1.82, 2.24) is 0 Å². The van der Waals surface area contributed by atoms with E-state index in [1.54, 1.807) is 7.11 Å². The standard InChI is InChI=1S/C16H24NO2.CHF3O3S/c1-3-16(18-2)17-11-7-10-15(17)13-19-12-14-8-5-4-6-9-14;2-1(3,4)8(5,6)7/h4-6,8-9,15H,3,7,10-13H2,1-2H3;(H,5,6,7)/q+1;/p-1/t15-;/m0./s1. The molecule has 0 radical (unpaired) electrons. The van der Waals surface area contributed by atoms with Crippen LogP contribution in [0.15, 0.2) is 30.3 Å². The van der Waals surface area contributed by atoms with Crippen molar-refractivity contribution in [3.05, 3.63) is 35.9 Å². The molecular weight excluding hydrogens is 387 g/mol. The van der Waals surface area contributed by atoms with Crippen LogP contribution in [0.1, 0.15) is 31.7 Å². The quantitative estimate of drug-likeness (QED) is 0.322. The Morgan fingerprint density at radius 2 is 1.89 bits per heavy atom. The maximum Gasteiger partial charge on any atom is 0.485 e. The Balaban J connectivity index is 0.000000387. The molecule has 27 heavy (non-hydrogen) atoms. The normalized spacial score (nSPS) is 19.3. The summed E-state index contributed by atoms with van der Waals surface area (Å²) in [4.78, 5) is 0. The highest BCUT2D eigenvalue weighted by Crippen LogP contribution is 2.20. The summed E-state index contributed by atoms with van der Waals surface area (Å²) in [6.07, 6.45) is 3.37. The zero-order valence-electron chi connectivity index (χ0n) is 15.2. The molecule has 2 rings (SSSR count). The van der Waals surface area contributed by atoms with E-state index in [-0.39, 0.29) is 0 Å². The van der Waals surface area contributed by atoms with E-state index in [0.717, 1.165) is 25.5 Å². The summed E-state index contributed by atoms with van der Waals surface area (Å²) in [7, 11) is -4.33. The van der Waals surface area contributed by atoms with Crippen molar-refractivity contribution in [3.63, 3.8) is 0 Å². The van der Waals surface area contributed by atoms with E-state index in [9.17, 15) is 13.2 Å².